The fraction of sp³-hybridized carbons (Fsp3) is 0.333. The molecule has 18 heavy (non-hydrogen) atoms. The van der Waals surface area contributed by atoms with E-state index >= 15 is 0 Å². The molecule has 0 fully saturated rings. The third-order valence-corrected chi connectivity index (χ3v) is 2.34. The van der Waals surface area contributed by atoms with Crippen molar-refractivity contribution in [2.45, 2.75) is 25.6 Å². The maximum atomic E-state index is 11.2. The van der Waals surface area contributed by atoms with Crippen molar-refractivity contribution >= 4 is 11.9 Å². The van der Waals surface area contributed by atoms with Gasteiger partial charge in [-0.15, -0.1) is 0 Å². The third kappa shape index (κ3) is 3.46. The molecule has 1 rings (SSSR count). The maximum absolute atomic E-state index is 11.2. The summed E-state index contributed by atoms with van der Waals surface area (Å²) in [6.45, 7) is 2.61. The average Bonchev–Trinajstić information content (AvgIpc) is 2.29. The van der Waals surface area contributed by atoms with E-state index in [-0.39, 0.29) is 0 Å². The molecule has 6 heteroatoms. The van der Waals surface area contributed by atoms with Crippen LogP contribution in [0.1, 0.15) is 13.8 Å². The van der Waals surface area contributed by atoms with Gasteiger partial charge in [0.1, 0.15) is 11.8 Å². The summed E-state index contributed by atoms with van der Waals surface area (Å²) in [5.41, 5.74) is -1.81. The number of hydrogen-bond acceptors (Lipinski definition) is 4. The van der Waals surface area contributed by atoms with Crippen LogP contribution in [0.2, 0.25) is 0 Å². The number of nitrogens with one attached hydrogen (secondary N) is 1. The highest BCUT2D eigenvalue weighted by Crippen LogP contribution is 2.17. The van der Waals surface area contributed by atoms with Crippen LogP contribution in [0.4, 0.5) is 0 Å². The monoisotopic (exact) mass is 253 g/mol. The van der Waals surface area contributed by atoms with Gasteiger partial charge in [-0.1, -0.05) is 18.2 Å². The zero-order valence-corrected chi connectivity index (χ0v) is 10.1. The normalized spacial score (nSPS) is 15.4. The molecule has 0 saturated heterocycles. The summed E-state index contributed by atoms with van der Waals surface area (Å²) in [5, 5.41) is 20.3. The lowest BCUT2D eigenvalue weighted by Gasteiger charge is -2.29. The number of para-hydroxylation sites is 1. The first kappa shape index (κ1) is 14.0. The fourth-order valence-corrected chi connectivity index (χ4v) is 1.33. The van der Waals surface area contributed by atoms with Gasteiger partial charge < -0.3 is 14.9 Å². The summed E-state index contributed by atoms with van der Waals surface area (Å²) in [6.07, 6.45) is 0. The minimum absolute atomic E-state index is 0.340. The molecule has 1 aromatic carbocycles. The molecule has 3 N–H and O–H groups in total. The van der Waals surface area contributed by atoms with E-state index in [1.54, 1.807) is 30.3 Å². The van der Waals surface area contributed by atoms with Gasteiger partial charge in [-0.05, 0) is 19.1 Å². The molecule has 0 aliphatic heterocycles. The van der Waals surface area contributed by atoms with Gasteiger partial charge in [-0.2, -0.15) is 0 Å². The fourth-order valence-electron chi connectivity index (χ4n) is 1.33. The molecule has 0 heterocycles. The van der Waals surface area contributed by atoms with E-state index in [9.17, 15) is 9.59 Å². The predicted octanol–water partition coefficient (Wildman–Crippen LogP) is 0.929. The van der Waals surface area contributed by atoms with Crippen LogP contribution in [0.15, 0.2) is 30.3 Å². The van der Waals surface area contributed by atoms with Crippen LogP contribution in [-0.2, 0) is 9.59 Å². The second kappa shape index (κ2) is 5.50. The van der Waals surface area contributed by atoms with Crippen molar-refractivity contribution in [1.82, 2.24) is 5.32 Å². The Labute approximate surface area is 104 Å². The predicted molar refractivity (Wildman–Crippen MR) is 63.3 cm³/mol. The summed E-state index contributed by atoms with van der Waals surface area (Å²) in [7, 11) is 0. The van der Waals surface area contributed by atoms with Gasteiger partial charge in [0.2, 0.25) is 0 Å². The summed E-state index contributed by atoms with van der Waals surface area (Å²) in [6, 6.07) is 7.28. The van der Waals surface area contributed by atoms with Gasteiger partial charge in [0.25, 0.3) is 5.72 Å². The van der Waals surface area contributed by atoms with Crippen molar-refractivity contribution in [2.24, 2.45) is 0 Å². The quantitative estimate of drug-likeness (QED) is 0.653. The van der Waals surface area contributed by atoms with Crippen LogP contribution in [0.3, 0.4) is 0 Å². The molecular formula is C12H15NO5. The van der Waals surface area contributed by atoms with E-state index < -0.39 is 23.7 Å². The van der Waals surface area contributed by atoms with Gasteiger partial charge in [0.15, 0.2) is 0 Å². The summed E-state index contributed by atoms with van der Waals surface area (Å²) < 4.78 is 5.31. The molecule has 0 radical (unpaired) electrons. The first-order valence-electron chi connectivity index (χ1n) is 5.33. The Morgan fingerprint density at radius 1 is 1.28 bits per heavy atom. The van der Waals surface area contributed by atoms with Crippen molar-refractivity contribution < 1.29 is 24.5 Å². The molecule has 1 aromatic rings. The standard InChI is InChI=1S/C12H15NO5/c1-8(10(14)15)13-12(2,11(16)17)18-9-6-4-3-5-7-9/h3-8,13H,1-2H3,(H,14,15)(H,16,17). The third-order valence-electron chi connectivity index (χ3n) is 2.34. The van der Waals surface area contributed by atoms with Gasteiger partial charge >= 0.3 is 11.9 Å². The van der Waals surface area contributed by atoms with Gasteiger partial charge in [-0.3, -0.25) is 10.1 Å². The topological polar surface area (TPSA) is 95.9 Å². The molecule has 0 spiro atoms. The van der Waals surface area contributed by atoms with Gasteiger partial charge in [-0.25, -0.2) is 4.79 Å². The number of benzene rings is 1. The van der Waals surface area contributed by atoms with Crippen molar-refractivity contribution in [3.05, 3.63) is 30.3 Å². The number of hydrogen-bond donors (Lipinski definition) is 3. The molecule has 0 bridgehead atoms. The minimum atomic E-state index is -1.81. The molecular weight excluding hydrogens is 238 g/mol. The molecule has 2 atom stereocenters. The Hall–Kier alpha value is -2.08. The number of carboxylic acid groups (broad SMARTS) is 2. The highest BCUT2D eigenvalue weighted by Gasteiger charge is 2.38. The highest BCUT2D eigenvalue weighted by atomic mass is 16.5. The molecule has 0 aromatic heterocycles. The molecule has 98 valence electrons. The van der Waals surface area contributed by atoms with Crippen molar-refractivity contribution in [2.75, 3.05) is 0 Å². The Bertz CT molecular complexity index is 433. The molecule has 0 aliphatic rings. The van der Waals surface area contributed by atoms with Crippen LogP contribution < -0.4 is 10.1 Å². The van der Waals surface area contributed by atoms with Gasteiger partial charge in [0.05, 0.1) is 0 Å². The van der Waals surface area contributed by atoms with E-state index in [0.717, 1.165) is 0 Å². The first-order valence-corrected chi connectivity index (χ1v) is 5.33. The van der Waals surface area contributed by atoms with E-state index in [4.69, 9.17) is 14.9 Å². The smallest absolute Gasteiger partial charge is 0.363 e. The number of carboxylic acids is 2. The van der Waals surface area contributed by atoms with E-state index in [2.05, 4.69) is 5.32 Å². The number of aliphatic carboxylic acids is 2. The summed E-state index contributed by atoms with van der Waals surface area (Å²) >= 11 is 0. The van der Waals surface area contributed by atoms with E-state index in [0.29, 0.717) is 5.75 Å². The lowest BCUT2D eigenvalue weighted by atomic mass is 10.2. The van der Waals surface area contributed by atoms with Crippen LogP contribution in [0.5, 0.6) is 5.75 Å². The van der Waals surface area contributed by atoms with Crippen molar-refractivity contribution in [3.8, 4) is 5.75 Å². The Morgan fingerprint density at radius 2 is 1.83 bits per heavy atom. The SMILES string of the molecule is CC(NC(C)(Oc1ccccc1)C(=O)O)C(=O)O. The summed E-state index contributed by atoms with van der Waals surface area (Å²) in [4.78, 5) is 21.9. The molecule has 0 amide bonds. The largest absolute Gasteiger partial charge is 0.480 e. The van der Waals surface area contributed by atoms with Crippen LogP contribution in [0, 0.1) is 0 Å². The lowest BCUT2D eigenvalue weighted by Crippen LogP contribution is -2.59. The second-order valence-corrected chi connectivity index (χ2v) is 3.96. The first-order chi connectivity index (χ1) is 8.35. The molecule has 0 aliphatic carbocycles. The van der Waals surface area contributed by atoms with E-state index in [1.807, 2.05) is 0 Å². The number of rotatable bonds is 6. The minimum Gasteiger partial charge on any atom is -0.480 e. The molecule has 0 saturated carbocycles. The Balaban J connectivity index is 2.87. The number of carbonyl (C=O) groups is 2. The lowest BCUT2D eigenvalue weighted by molar-refractivity contribution is -0.159. The van der Waals surface area contributed by atoms with Gasteiger partial charge in [0, 0.05) is 6.92 Å². The molecule has 6 nitrogen and oxygen atoms in total. The highest BCUT2D eigenvalue weighted by molar-refractivity contribution is 5.79. The van der Waals surface area contributed by atoms with Crippen molar-refractivity contribution in [1.29, 1.82) is 0 Å². The average molecular weight is 253 g/mol. The summed E-state index contributed by atoms with van der Waals surface area (Å²) in [5.74, 6) is -2.11. The zero-order chi connectivity index (χ0) is 13.8. The van der Waals surface area contributed by atoms with Crippen LogP contribution in [0.25, 0.3) is 0 Å². The van der Waals surface area contributed by atoms with E-state index in [1.165, 1.54) is 13.8 Å². The Morgan fingerprint density at radius 3 is 2.28 bits per heavy atom. The second-order valence-electron chi connectivity index (χ2n) is 3.96. The number of ether oxygens (including phenoxy) is 1. The van der Waals surface area contributed by atoms with Crippen molar-refractivity contribution in [3.63, 3.8) is 0 Å². The van der Waals surface area contributed by atoms with Crippen LogP contribution >= 0.6 is 0 Å². The van der Waals surface area contributed by atoms with Crippen LogP contribution in [-0.4, -0.2) is 33.9 Å². The Kier molecular flexibility index (Phi) is 4.28. The maximum Gasteiger partial charge on any atom is 0.363 e. The molecule has 2 unspecified atom stereocenters. The zero-order valence-electron chi connectivity index (χ0n) is 10.1.